The molecule has 124 valence electrons. The molecule has 0 bridgehead atoms. The highest BCUT2D eigenvalue weighted by Gasteiger charge is 2.29. The Balaban J connectivity index is 1.51. The van der Waals surface area contributed by atoms with Crippen LogP contribution in [-0.4, -0.2) is 50.8 Å². The zero-order chi connectivity index (χ0) is 16.4. The van der Waals surface area contributed by atoms with Gasteiger partial charge >= 0.3 is 6.09 Å². The second kappa shape index (κ2) is 6.06. The molecule has 3 rings (SSSR count). The molecule has 0 aliphatic carbocycles. The van der Waals surface area contributed by atoms with Crippen molar-refractivity contribution < 1.29 is 9.53 Å². The summed E-state index contributed by atoms with van der Waals surface area (Å²) in [5, 5.41) is 7.55. The largest absolute Gasteiger partial charge is 0.444 e. The third kappa shape index (κ3) is 3.91. The monoisotopic (exact) mass is 317 g/mol. The van der Waals surface area contributed by atoms with Crippen LogP contribution in [0.25, 0.3) is 5.65 Å². The van der Waals surface area contributed by atoms with E-state index in [4.69, 9.17) is 4.74 Å². The number of aromatic nitrogens is 3. The van der Waals surface area contributed by atoms with E-state index in [1.807, 2.05) is 33.0 Å². The molecule has 2 aromatic rings. The van der Waals surface area contributed by atoms with E-state index in [2.05, 4.69) is 15.4 Å². The number of carbonyl (C=O) groups is 1. The third-order valence-corrected chi connectivity index (χ3v) is 3.78. The SMILES string of the molecule is CC(C)(C)OC(=O)N1CCC(CNc2cnc3ccnn3c2)C1. The first kappa shape index (κ1) is 15.6. The Morgan fingerprint density at radius 1 is 1.48 bits per heavy atom. The van der Waals surface area contributed by atoms with Crippen LogP contribution in [0.1, 0.15) is 27.2 Å². The predicted octanol–water partition coefficient (Wildman–Crippen LogP) is 2.40. The van der Waals surface area contributed by atoms with Crippen molar-refractivity contribution in [3.8, 4) is 0 Å². The first-order valence-corrected chi connectivity index (χ1v) is 7.92. The fourth-order valence-corrected chi connectivity index (χ4v) is 2.65. The van der Waals surface area contributed by atoms with Crippen LogP contribution in [0.2, 0.25) is 0 Å². The summed E-state index contributed by atoms with van der Waals surface area (Å²) in [4.78, 5) is 18.2. The molecule has 1 fully saturated rings. The molecule has 7 heteroatoms. The average Bonchev–Trinajstić information content (AvgIpc) is 3.12. The minimum absolute atomic E-state index is 0.223. The maximum atomic E-state index is 12.1. The highest BCUT2D eigenvalue weighted by Crippen LogP contribution is 2.20. The first-order chi connectivity index (χ1) is 10.9. The molecule has 0 spiro atoms. The number of rotatable bonds is 3. The summed E-state index contributed by atoms with van der Waals surface area (Å²) < 4.78 is 7.16. The van der Waals surface area contributed by atoms with E-state index >= 15 is 0 Å². The number of nitrogens with one attached hydrogen (secondary N) is 1. The van der Waals surface area contributed by atoms with Gasteiger partial charge in [0.15, 0.2) is 5.65 Å². The van der Waals surface area contributed by atoms with Crippen molar-refractivity contribution in [2.75, 3.05) is 25.0 Å². The predicted molar refractivity (Wildman–Crippen MR) is 87.4 cm³/mol. The molecule has 7 nitrogen and oxygen atoms in total. The minimum atomic E-state index is -0.446. The Kier molecular flexibility index (Phi) is 4.11. The van der Waals surface area contributed by atoms with Crippen molar-refractivity contribution in [2.45, 2.75) is 32.8 Å². The van der Waals surface area contributed by atoms with Gasteiger partial charge < -0.3 is 15.0 Å². The fraction of sp³-hybridized carbons (Fsp3) is 0.562. The highest BCUT2D eigenvalue weighted by atomic mass is 16.6. The van der Waals surface area contributed by atoms with Gasteiger partial charge in [0.2, 0.25) is 0 Å². The molecule has 2 aromatic heterocycles. The Hall–Kier alpha value is -2.31. The number of likely N-dealkylation sites (tertiary alicyclic amines) is 1. The van der Waals surface area contributed by atoms with Gasteiger partial charge in [-0.3, -0.25) is 0 Å². The first-order valence-electron chi connectivity index (χ1n) is 7.92. The number of carbonyl (C=O) groups excluding carboxylic acids is 1. The van der Waals surface area contributed by atoms with Crippen LogP contribution >= 0.6 is 0 Å². The van der Waals surface area contributed by atoms with Gasteiger partial charge in [0.05, 0.1) is 24.3 Å². The molecular formula is C16H23N5O2. The average molecular weight is 317 g/mol. The zero-order valence-electron chi connectivity index (χ0n) is 13.8. The van der Waals surface area contributed by atoms with Crippen molar-refractivity contribution >= 4 is 17.4 Å². The number of ether oxygens (including phenoxy) is 1. The smallest absolute Gasteiger partial charge is 0.410 e. The number of fused-ring (bicyclic) bond motifs is 1. The summed E-state index contributed by atoms with van der Waals surface area (Å²) in [6, 6.07) is 1.86. The second-order valence-corrected chi connectivity index (χ2v) is 6.94. The Morgan fingerprint density at radius 3 is 3.09 bits per heavy atom. The zero-order valence-corrected chi connectivity index (χ0v) is 13.8. The van der Waals surface area contributed by atoms with Crippen molar-refractivity contribution in [3.63, 3.8) is 0 Å². The van der Waals surface area contributed by atoms with Gasteiger partial charge in [-0.2, -0.15) is 5.10 Å². The van der Waals surface area contributed by atoms with Crippen molar-refractivity contribution in [3.05, 3.63) is 24.7 Å². The number of hydrogen-bond acceptors (Lipinski definition) is 5. The lowest BCUT2D eigenvalue weighted by atomic mass is 10.1. The Bertz CT molecular complexity index is 691. The van der Waals surface area contributed by atoms with E-state index in [1.165, 1.54) is 0 Å². The lowest BCUT2D eigenvalue weighted by Crippen LogP contribution is -2.35. The quantitative estimate of drug-likeness (QED) is 0.941. The summed E-state index contributed by atoms with van der Waals surface area (Å²) in [5.41, 5.74) is 1.31. The molecule has 0 radical (unpaired) electrons. The summed E-state index contributed by atoms with van der Waals surface area (Å²) in [7, 11) is 0. The molecule has 1 N–H and O–H groups in total. The van der Waals surface area contributed by atoms with Gasteiger partial charge in [-0.1, -0.05) is 0 Å². The van der Waals surface area contributed by atoms with Gasteiger partial charge in [-0.25, -0.2) is 14.3 Å². The maximum Gasteiger partial charge on any atom is 0.410 e. The molecular weight excluding hydrogens is 294 g/mol. The topological polar surface area (TPSA) is 71.8 Å². The van der Waals surface area contributed by atoms with Gasteiger partial charge in [0.1, 0.15) is 5.60 Å². The van der Waals surface area contributed by atoms with E-state index in [0.29, 0.717) is 5.92 Å². The molecule has 0 aromatic carbocycles. The van der Waals surface area contributed by atoms with Gasteiger partial charge in [-0.15, -0.1) is 0 Å². The van der Waals surface area contributed by atoms with E-state index in [9.17, 15) is 4.79 Å². The van der Waals surface area contributed by atoms with Crippen molar-refractivity contribution in [1.82, 2.24) is 19.5 Å². The van der Waals surface area contributed by atoms with E-state index in [0.717, 1.165) is 37.4 Å². The molecule has 3 heterocycles. The number of hydrogen-bond donors (Lipinski definition) is 1. The van der Waals surface area contributed by atoms with E-state index in [-0.39, 0.29) is 6.09 Å². The molecule has 1 aliphatic rings. The molecule has 1 saturated heterocycles. The van der Waals surface area contributed by atoms with Crippen LogP contribution in [0.5, 0.6) is 0 Å². The lowest BCUT2D eigenvalue weighted by Gasteiger charge is -2.24. The molecule has 1 unspecified atom stereocenters. The van der Waals surface area contributed by atoms with Gasteiger partial charge in [-0.05, 0) is 33.1 Å². The summed E-state index contributed by atoms with van der Waals surface area (Å²) in [5.74, 6) is 0.413. The number of anilines is 1. The normalized spacial score (nSPS) is 18.4. The van der Waals surface area contributed by atoms with E-state index < -0.39 is 5.60 Å². The number of nitrogens with zero attached hydrogens (tertiary/aromatic N) is 4. The standard InChI is InChI=1S/C16H23N5O2/c1-16(2,3)23-15(22)20-7-5-12(10-20)8-17-13-9-18-14-4-6-19-21(14)11-13/h4,6,9,11-12,17H,5,7-8,10H2,1-3H3. The molecule has 0 saturated carbocycles. The van der Waals surface area contributed by atoms with Gasteiger partial charge in [0.25, 0.3) is 0 Å². The Morgan fingerprint density at radius 2 is 2.30 bits per heavy atom. The maximum absolute atomic E-state index is 12.1. The van der Waals surface area contributed by atoms with E-state index in [1.54, 1.807) is 21.8 Å². The van der Waals surface area contributed by atoms with Crippen LogP contribution < -0.4 is 5.32 Å². The molecule has 1 atom stereocenters. The van der Waals surface area contributed by atoms with Crippen LogP contribution in [-0.2, 0) is 4.74 Å². The third-order valence-electron chi connectivity index (χ3n) is 3.78. The molecule has 23 heavy (non-hydrogen) atoms. The Labute approximate surface area is 135 Å². The fourth-order valence-electron chi connectivity index (χ4n) is 2.65. The highest BCUT2D eigenvalue weighted by molar-refractivity contribution is 5.68. The second-order valence-electron chi connectivity index (χ2n) is 6.94. The summed E-state index contributed by atoms with van der Waals surface area (Å²) in [6.07, 6.45) is 6.20. The van der Waals surface area contributed by atoms with Gasteiger partial charge in [0, 0.05) is 25.7 Å². The lowest BCUT2D eigenvalue weighted by molar-refractivity contribution is 0.0289. The van der Waals surface area contributed by atoms with Crippen LogP contribution in [0.3, 0.4) is 0 Å². The summed E-state index contributed by atoms with van der Waals surface area (Å²) in [6.45, 7) is 7.93. The minimum Gasteiger partial charge on any atom is -0.444 e. The number of amides is 1. The molecule has 1 amide bonds. The van der Waals surface area contributed by atoms with Crippen LogP contribution in [0.4, 0.5) is 10.5 Å². The van der Waals surface area contributed by atoms with Crippen LogP contribution in [0.15, 0.2) is 24.7 Å². The summed E-state index contributed by atoms with van der Waals surface area (Å²) >= 11 is 0. The van der Waals surface area contributed by atoms with Crippen LogP contribution in [0, 0.1) is 5.92 Å². The van der Waals surface area contributed by atoms with Crippen molar-refractivity contribution in [2.24, 2.45) is 5.92 Å². The van der Waals surface area contributed by atoms with Crippen molar-refractivity contribution in [1.29, 1.82) is 0 Å². The molecule has 1 aliphatic heterocycles.